The van der Waals surface area contributed by atoms with Crippen LogP contribution in [0.3, 0.4) is 0 Å². The molecule has 3 aliphatic rings. The average Bonchev–Trinajstić information content (AvgIpc) is 2.59. The quantitative estimate of drug-likeness (QED) is 0.505. The zero-order chi connectivity index (χ0) is 17.6. The molecule has 0 aliphatic heterocycles. The summed E-state index contributed by atoms with van der Waals surface area (Å²) in [6.45, 7) is 2.37. The van der Waals surface area contributed by atoms with Gasteiger partial charge in [0.05, 0.1) is 0 Å². The fourth-order valence-corrected chi connectivity index (χ4v) is 6.29. The van der Waals surface area contributed by atoms with E-state index < -0.39 is 17.5 Å². The summed E-state index contributed by atoms with van der Waals surface area (Å²) in [5, 5.41) is 0. The molecule has 0 atom stereocenters. The topological polar surface area (TPSA) is 0 Å². The number of hydrogen-bond acceptors (Lipinski definition) is 0. The molecule has 0 nitrogen and oxygen atoms in total. The van der Waals surface area contributed by atoms with Gasteiger partial charge in [0.2, 0.25) is 0 Å². The maximum Gasteiger partial charge on any atom is 0.194 e. The molecule has 3 heteroatoms. The van der Waals surface area contributed by atoms with E-state index in [1.54, 1.807) is 0 Å². The Hall–Kier alpha value is -0.990. The zero-order valence-electron chi connectivity index (χ0n) is 15.2. The van der Waals surface area contributed by atoms with E-state index in [1.165, 1.54) is 50.7 Å². The van der Waals surface area contributed by atoms with E-state index in [4.69, 9.17) is 0 Å². The Morgan fingerprint density at radius 1 is 0.800 bits per heavy atom. The summed E-state index contributed by atoms with van der Waals surface area (Å²) >= 11 is 0. The predicted octanol–water partition coefficient (Wildman–Crippen LogP) is 6.98. The van der Waals surface area contributed by atoms with E-state index in [1.807, 2.05) is 0 Å². The minimum atomic E-state index is -1.35. The minimum Gasteiger partial charge on any atom is -0.204 e. The largest absolute Gasteiger partial charge is 0.204 e. The van der Waals surface area contributed by atoms with Crippen molar-refractivity contribution in [3.8, 4) is 0 Å². The van der Waals surface area contributed by atoms with Crippen LogP contribution in [0.4, 0.5) is 13.2 Å². The van der Waals surface area contributed by atoms with Gasteiger partial charge in [0, 0.05) is 0 Å². The van der Waals surface area contributed by atoms with E-state index in [2.05, 4.69) is 6.92 Å². The third-order valence-corrected chi connectivity index (χ3v) is 7.57. The molecule has 138 valence electrons. The first-order valence-electron chi connectivity index (χ1n) is 10.1. The normalized spacial score (nSPS) is 38.6. The minimum absolute atomic E-state index is 0.184. The van der Waals surface area contributed by atoms with Crippen LogP contribution >= 0.6 is 0 Å². The lowest BCUT2D eigenvalue weighted by Gasteiger charge is -2.52. The highest BCUT2D eigenvalue weighted by atomic mass is 19.2. The molecule has 0 saturated heterocycles. The van der Waals surface area contributed by atoms with Crippen LogP contribution in [-0.2, 0) is 0 Å². The van der Waals surface area contributed by atoms with Crippen molar-refractivity contribution in [3.63, 3.8) is 0 Å². The second-order valence-corrected chi connectivity index (χ2v) is 9.26. The van der Waals surface area contributed by atoms with E-state index >= 15 is 0 Å². The maximum atomic E-state index is 13.5. The van der Waals surface area contributed by atoms with Crippen LogP contribution in [0.25, 0.3) is 0 Å². The second-order valence-electron chi connectivity index (χ2n) is 9.26. The van der Waals surface area contributed by atoms with Crippen molar-refractivity contribution < 1.29 is 13.2 Å². The van der Waals surface area contributed by atoms with Crippen LogP contribution in [0, 0.1) is 40.6 Å². The zero-order valence-corrected chi connectivity index (χ0v) is 15.2. The first-order valence-corrected chi connectivity index (χ1v) is 10.1. The lowest BCUT2D eigenvalue weighted by atomic mass is 9.53. The van der Waals surface area contributed by atoms with E-state index in [9.17, 15) is 13.2 Å². The third-order valence-electron chi connectivity index (χ3n) is 7.57. The van der Waals surface area contributed by atoms with Crippen LogP contribution in [-0.4, -0.2) is 0 Å². The highest BCUT2D eigenvalue weighted by Crippen LogP contribution is 2.57. The molecule has 3 aliphatic carbocycles. The lowest BCUT2D eigenvalue weighted by molar-refractivity contribution is -0.00512. The fraction of sp³-hybridized carbons (Fsp3) is 0.727. The molecule has 0 heterocycles. The first kappa shape index (κ1) is 17.4. The molecule has 0 N–H and O–H groups in total. The van der Waals surface area contributed by atoms with Crippen LogP contribution < -0.4 is 0 Å². The van der Waals surface area contributed by atoms with Gasteiger partial charge >= 0.3 is 0 Å². The van der Waals surface area contributed by atoms with Crippen molar-refractivity contribution in [1.29, 1.82) is 0 Å². The molecule has 4 rings (SSSR count). The lowest BCUT2D eigenvalue weighted by Crippen LogP contribution is -2.40. The molecule has 3 fully saturated rings. The summed E-state index contributed by atoms with van der Waals surface area (Å²) in [4.78, 5) is 0. The average molecular weight is 350 g/mol. The maximum absolute atomic E-state index is 13.5. The monoisotopic (exact) mass is 350 g/mol. The van der Waals surface area contributed by atoms with Gasteiger partial charge in [0.25, 0.3) is 0 Å². The van der Waals surface area contributed by atoms with Crippen LogP contribution in [0.1, 0.15) is 82.6 Å². The molecule has 0 unspecified atom stereocenters. The number of hydrogen-bond donors (Lipinski definition) is 0. The highest BCUT2D eigenvalue weighted by molar-refractivity contribution is 5.23. The summed E-state index contributed by atoms with van der Waals surface area (Å²) in [7, 11) is 0. The van der Waals surface area contributed by atoms with Crippen molar-refractivity contribution in [3.05, 3.63) is 35.1 Å². The van der Waals surface area contributed by atoms with Gasteiger partial charge in [-0.15, -0.1) is 0 Å². The van der Waals surface area contributed by atoms with Crippen molar-refractivity contribution in [2.75, 3.05) is 0 Å². The molecule has 0 bridgehead atoms. The molecule has 1 aromatic rings. The molecule has 3 saturated carbocycles. The van der Waals surface area contributed by atoms with Gasteiger partial charge in [-0.25, -0.2) is 13.2 Å². The van der Waals surface area contributed by atoms with Gasteiger partial charge in [-0.05, 0) is 111 Å². The van der Waals surface area contributed by atoms with Gasteiger partial charge < -0.3 is 0 Å². The Kier molecular flexibility index (Phi) is 4.62. The van der Waals surface area contributed by atoms with E-state index in [0.29, 0.717) is 11.0 Å². The van der Waals surface area contributed by atoms with Gasteiger partial charge in [0.1, 0.15) is 0 Å². The Morgan fingerprint density at radius 2 is 1.32 bits per heavy atom. The van der Waals surface area contributed by atoms with E-state index in [-0.39, 0.29) is 5.92 Å². The van der Waals surface area contributed by atoms with Crippen LogP contribution in [0.2, 0.25) is 0 Å². The molecule has 25 heavy (non-hydrogen) atoms. The Balaban J connectivity index is 1.32. The van der Waals surface area contributed by atoms with Crippen molar-refractivity contribution in [2.24, 2.45) is 23.2 Å². The highest BCUT2D eigenvalue weighted by Gasteiger charge is 2.45. The third kappa shape index (κ3) is 3.36. The Labute approximate surface area is 149 Å². The molecule has 1 spiro atoms. The molecular weight excluding hydrogens is 321 g/mol. The van der Waals surface area contributed by atoms with E-state index in [0.717, 1.165) is 43.4 Å². The summed E-state index contributed by atoms with van der Waals surface area (Å²) in [5.41, 5.74) is 1.33. The summed E-state index contributed by atoms with van der Waals surface area (Å²) < 4.78 is 40.1. The number of halogens is 3. The fourth-order valence-electron chi connectivity index (χ4n) is 6.29. The second kappa shape index (κ2) is 6.63. The predicted molar refractivity (Wildman–Crippen MR) is 93.8 cm³/mol. The number of benzene rings is 1. The molecule has 0 radical (unpaired) electrons. The van der Waals surface area contributed by atoms with Gasteiger partial charge in [-0.2, -0.15) is 0 Å². The van der Waals surface area contributed by atoms with Crippen LogP contribution in [0.5, 0.6) is 0 Å². The summed E-state index contributed by atoms with van der Waals surface area (Å²) in [5.74, 6) is -0.704. The van der Waals surface area contributed by atoms with Crippen molar-refractivity contribution in [2.45, 2.75) is 77.0 Å². The van der Waals surface area contributed by atoms with Gasteiger partial charge in [-0.3, -0.25) is 0 Å². The van der Waals surface area contributed by atoms with Crippen molar-refractivity contribution >= 4 is 0 Å². The first-order chi connectivity index (χ1) is 12.0. The van der Waals surface area contributed by atoms with Gasteiger partial charge in [-0.1, -0.05) is 6.92 Å². The smallest absolute Gasteiger partial charge is 0.194 e. The number of rotatable bonds is 2. The Morgan fingerprint density at radius 3 is 1.84 bits per heavy atom. The van der Waals surface area contributed by atoms with Crippen molar-refractivity contribution in [1.82, 2.24) is 0 Å². The summed E-state index contributed by atoms with van der Waals surface area (Å²) in [6.07, 6.45) is 12.7. The molecule has 0 amide bonds. The SMILES string of the molecule is CC1CC2(CCC(C3CCC(c4cc(F)c(F)c(F)c4)CC3)CC2)C1. The standard InChI is InChI=1S/C22H29F3/c1-14-12-22(13-14)8-6-17(7-9-22)15-2-4-16(5-3-15)18-10-19(23)21(25)20(24)11-18/h10-11,14-17H,2-9,12-13H2,1H3. The Bertz CT molecular complexity index is 591. The molecular formula is C22H29F3. The molecule has 0 aromatic heterocycles. The molecule has 1 aromatic carbocycles. The van der Waals surface area contributed by atoms with Crippen LogP contribution in [0.15, 0.2) is 12.1 Å². The van der Waals surface area contributed by atoms with Gasteiger partial charge in [0.15, 0.2) is 17.5 Å². The summed E-state index contributed by atoms with van der Waals surface area (Å²) in [6, 6.07) is 2.40.